The molecule has 0 saturated heterocycles. The Bertz CT molecular complexity index is 374. The second-order valence-corrected chi connectivity index (χ2v) is 3.41. The Balaban J connectivity index is 2.34. The van der Waals surface area contributed by atoms with Crippen LogP contribution in [0, 0.1) is 0 Å². The van der Waals surface area contributed by atoms with Crippen LogP contribution >= 0.6 is 0 Å². The molecule has 0 fully saturated rings. The molecule has 1 heterocycles. The maximum Gasteiger partial charge on any atom is 0.339 e. The van der Waals surface area contributed by atoms with Gasteiger partial charge in [-0.1, -0.05) is 18.2 Å². The molecule has 1 unspecified atom stereocenters. The van der Waals surface area contributed by atoms with Crippen molar-refractivity contribution in [2.75, 3.05) is 6.61 Å². The smallest absolute Gasteiger partial charge is 0.339 e. The zero-order valence-electron chi connectivity index (χ0n) is 7.43. The number of aliphatic carboxylic acids is 1. The fourth-order valence-corrected chi connectivity index (χ4v) is 1.49. The first-order valence-electron chi connectivity index (χ1n) is 4.28. The van der Waals surface area contributed by atoms with Gasteiger partial charge in [0.15, 0.2) is 5.60 Å². The third-order valence-corrected chi connectivity index (χ3v) is 2.32. The van der Waals surface area contributed by atoms with Gasteiger partial charge < -0.3 is 14.9 Å². The van der Waals surface area contributed by atoms with Gasteiger partial charge in [0.25, 0.3) is 0 Å². The molecule has 14 heavy (non-hydrogen) atoms. The summed E-state index contributed by atoms with van der Waals surface area (Å²) in [5, 5.41) is 18.5. The number of hydrogen-bond acceptors (Lipinski definition) is 3. The molecular weight excluding hydrogens is 184 g/mol. The number of fused-ring (bicyclic) bond motifs is 1. The average Bonchev–Trinajstić information content (AvgIpc) is 2.17. The van der Waals surface area contributed by atoms with Crippen LogP contribution in [0.15, 0.2) is 24.3 Å². The monoisotopic (exact) mass is 194 g/mol. The minimum absolute atomic E-state index is 0.0957. The zero-order chi connectivity index (χ0) is 10.2. The van der Waals surface area contributed by atoms with E-state index in [9.17, 15) is 9.90 Å². The number of carboxylic acids is 1. The second kappa shape index (κ2) is 2.99. The van der Waals surface area contributed by atoms with E-state index in [1.165, 1.54) is 0 Å². The fourth-order valence-electron chi connectivity index (χ4n) is 1.49. The van der Waals surface area contributed by atoms with Crippen LogP contribution in [-0.2, 0) is 11.2 Å². The minimum atomic E-state index is -1.78. The largest absolute Gasteiger partial charge is 0.490 e. The first kappa shape index (κ1) is 9.02. The van der Waals surface area contributed by atoms with Crippen LogP contribution in [0.4, 0.5) is 0 Å². The molecule has 1 aliphatic heterocycles. The minimum Gasteiger partial charge on any atom is -0.490 e. The third-order valence-electron chi connectivity index (χ3n) is 2.32. The Hall–Kier alpha value is -1.55. The standard InChI is InChI=1S/C10H10O4/c11-9(12)10(13)5-7-3-1-2-4-8(7)14-6-10/h1-4,13H,5-6H2,(H,11,12). The molecule has 2 N–H and O–H groups in total. The van der Waals surface area contributed by atoms with Crippen LogP contribution in [0.25, 0.3) is 0 Å². The van der Waals surface area contributed by atoms with E-state index < -0.39 is 11.6 Å². The number of hydrogen-bond donors (Lipinski definition) is 2. The molecule has 0 bridgehead atoms. The van der Waals surface area contributed by atoms with E-state index >= 15 is 0 Å². The van der Waals surface area contributed by atoms with Gasteiger partial charge in [0, 0.05) is 6.42 Å². The van der Waals surface area contributed by atoms with Gasteiger partial charge in [0.1, 0.15) is 12.4 Å². The predicted octanol–water partition coefficient (Wildman–Crippen LogP) is 0.437. The van der Waals surface area contributed by atoms with Gasteiger partial charge in [-0.2, -0.15) is 0 Å². The summed E-state index contributed by atoms with van der Waals surface area (Å²) in [5.74, 6) is -0.592. The van der Waals surface area contributed by atoms with Crippen molar-refractivity contribution < 1.29 is 19.7 Å². The highest BCUT2D eigenvalue weighted by Crippen LogP contribution is 2.29. The van der Waals surface area contributed by atoms with Gasteiger partial charge in [-0.3, -0.25) is 0 Å². The number of carbonyl (C=O) groups is 1. The average molecular weight is 194 g/mol. The lowest BCUT2D eigenvalue weighted by Gasteiger charge is -2.29. The summed E-state index contributed by atoms with van der Waals surface area (Å²) in [5.41, 5.74) is -1.06. The quantitative estimate of drug-likeness (QED) is 0.680. The molecule has 0 aromatic heterocycles. The van der Waals surface area contributed by atoms with Crippen LogP contribution in [-0.4, -0.2) is 28.4 Å². The van der Waals surface area contributed by atoms with Crippen LogP contribution < -0.4 is 4.74 Å². The van der Waals surface area contributed by atoms with Gasteiger partial charge in [-0.15, -0.1) is 0 Å². The maximum atomic E-state index is 10.8. The van der Waals surface area contributed by atoms with Crippen LogP contribution in [0.2, 0.25) is 0 Å². The molecular formula is C10H10O4. The summed E-state index contributed by atoms with van der Waals surface area (Å²) in [4.78, 5) is 10.8. The Kier molecular flexibility index (Phi) is 1.93. The summed E-state index contributed by atoms with van der Waals surface area (Å²) < 4.78 is 5.17. The van der Waals surface area contributed by atoms with Crippen molar-refractivity contribution >= 4 is 5.97 Å². The highest BCUT2D eigenvalue weighted by molar-refractivity contribution is 5.78. The number of ether oxygens (including phenoxy) is 1. The number of aliphatic hydroxyl groups is 1. The van der Waals surface area contributed by atoms with E-state index in [1.807, 2.05) is 6.07 Å². The Morgan fingerprint density at radius 3 is 2.86 bits per heavy atom. The molecule has 2 rings (SSSR count). The maximum absolute atomic E-state index is 10.8. The van der Waals surface area contributed by atoms with E-state index in [0.29, 0.717) is 5.75 Å². The van der Waals surface area contributed by atoms with Crippen LogP contribution in [0.3, 0.4) is 0 Å². The second-order valence-electron chi connectivity index (χ2n) is 3.41. The lowest BCUT2D eigenvalue weighted by molar-refractivity contribution is -0.162. The summed E-state index contributed by atoms with van der Waals surface area (Å²) in [7, 11) is 0. The van der Waals surface area contributed by atoms with Crippen molar-refractivity contribution in [3.8, 4) is 5.75 Å². The molecule has 1 aromatic carbocycles. The highest BCUT2D eigenvalue weighted by Gasteiger charge is 2.40. The number of rotatable bonds is 1. The summed E-state index contributed by atoms with van der Waals surface area (Å²) in [6.45, 7) is -0.195. The van der Waals surface area contributed by atoms with Gasteiger partial charge in [0.05, 0.1) is 0 Å². The third kappa shape index (κ3) is 1.33. The molecule has 0 spiro atoms. The van der Waals surface area contributed by atoms with Crippen molar-refractivity contribution in [1.82, 2.24) is 0 Å². The molecule has 1 aliphatic rings. The zero-order valence-corrected chi connectivity index (χ0v) is 7.43. The fraction of sp³-hybridized carbons (Fsp3) is 0.300. The van der Waals surface area contributed by atoms with Crippen molar-refractivity contribution in [1.29, 1.82) is 0 Å². The van der Waals surface area contributed by atoms with Crippen molar-refractivity contribution in [3.05, 3.63) is 29.8 Å². The molecule has 0 amide bonds. The Morgan fingerprint density at radius 1 is 1.43 bits per heavy atom. The molecule has 1 aromatic rings. The molecule has 0 saturated carbocycles. The summed E-state index contributed by atoms with van der Waals surface area (Å²) >= 11 is 0. The highest BCUT2D eigenvalue weighted by atomic mass is 16.5. The van der Waals surface area contributed by atoms with Crippen molar-refractivity contribution in [2.24, 2.45) is 0 Å². The van der Waals surface area contributed by atoms with Gasteiger partial charge >= 0.3 is 5.97 Å². The molecule has 4 nitrogen and oxygen atoms in total. The van der Waals surface area contributed by atoms with Crippen molar-refractivity contribution in [2.45, 2.75) is 12.0 Å². The van der Waals surface area contributed by atoms with E-state index in [-0.39, 0.29) is 13.0 Å². The Labute approximate surface area is 80.7 Å². The molecule has 0 radical (unpaired) electrons. The van der Waals surface area contributed by atoms with Crippen LogP contribution in [0.1, 0.15) is 5.56 Å². The summed E-state index contributed by atoms with van der Waals surface area (Å²) in [6, 6.07) is 7.11. The lowest BCUT2D eigenvalue weighted by Crippen LogP contribution is -2.48. The summed E-state index contributed by atoms with van der Waals surface area (Å²) in [6.07, 6.45) is 0.0957. The van der Waals surface area contributed by atoms with Gasteiger partial charge in [-0.25, -0.2) is 4.79 Å². The van der Waals surface area contributed by atoms with E-state index in [1.54, 1.807) is 18.2 Å². The topological polar surface area (TPSA) is 66.8 Å². The number of para-hydroxylation sites is 1. The predicted molar refractivity (Wildman–Crippen MR) is 48.2 cm³/mol. The first-order chi connectivity index (χ1) is 6.62. The molecule has 74 valence electrons. The number of carboxylic acid groups (broad SMARTS) is 1. The Morgan fingerprint density at radius 2 is 2.14 bits per heavy atom. The number of benzene rings is 1. The van der Waals surface area contributed by atoms with Gasteiger partial charge in [-0.05, 0) is 11.6 Å². The van der Waals surface area contributed by atoms with E-state index in [0.717, 1.165) is 5.56 Å². The molecule has 0 aliphatic carbocycles. The normalized spacial score (nSPS) is 24.9. The molecule has 1 atom stereocenters. The first-order valence-corrected chi connectivity index (χ1v) is 4.28. The SMILES string of the molecule is O=C(O)C1(O)COc2ccccc2C1. The lowest BCUT2D eigenvalue weighted by atomic mass is 9.92. The van der Waals surface area contributed by atoms with Gasteiger partial charge in [0.2, 0.25) is 0 Å². The molecule has 4 heteroatoms. The van der Waals surface area contributed by atoms with E-state index in [4.69, 9.17) is 9.84 Å². The van der Waals surface area contributed by atoms with Crippen molar-refractivity contribution in [3.63, 3.8) is 0 Å². The van der Waals surface area contributed by atoms with Crippen LogP contribution in [0.5, 0.6) is 5.75 Å². The van der Waals surface area contributed by atoms with E-state index in [2.05, 4.69) is 0 Å².